The highest BCUT2D eigenvalue weighted by molar-refractivity contribution is 6.00. The fourth-order valence-corrected chi connectivity index (χ4v) is 2.35. The number of benzene rings is 2. The molecule has 104 valence electrons. The third-order valence-electron chi connectivity index (χ3n) is 3.37. The van der Waals surface area contributed by atoms with Crippen LogP contribution in [0.2, 0.25) is 0 Å². The Hall–Kier alpha value is -2.68. The number of hydrogen-bond donors (Lipinski definition) is 0. The van der Waals surface area contributed by atoms with Gasteiger partial charge in [-0.1, -0.05) is 36.4 Å². The molecule has 0 N–H and O–H groups in total. The van der Waals surface area contributed by atoms with Gasteiger partial charge in [0, 0.05) is 5.69 Å². The Morgan fingerprint density at radius 2 is 1.90 bits per heavy atom. The first kappa shape index (κ1) is 13.3. The maximum Gasteiger partial charge on any atom is 0.154 e. The molecular weight excluding hydrogens is 262 g/mol. The molecule has 1 heterocycles. The van der Waals surface area contributed by atoms with E-state index in [-0.39, 0.29) is 0 Å². The third kappa shape index (κ3) is 2.77. The van der Waals surface area contributed by atoms with Gasteiger partial charge >= 0.3 is 0 Å². The largest absolute Gasteiger partial charge is 0.487 e. The molecule has 3 rings (SSSR count). The van der Waals surface area contributed by atoms with Crippen LogP contribution < -0.4 is 4.74 Å². The van der Waals surface area contributed by atoms with E-state index in [4.69, 9.17) is 4.74 Å². The van der Waals surface area contributed by atoms with Crippen LogP contribution in [0.1, 0.15) is 21.7 Å². The molecule has 0 saturated heterocycles. The van der Waals surface area contributed by atoms with Gasteiger partial charge < -0.3 is 4.74 Å². The van der Waals surface area contributed by atoms with Gasteiger partial charge in [-0.2, -0.15) is 0 Å². The van der Waals surface area contributed by atoms with Crippen molar-refractivity contribution in [3.05, 3.63) is 71.5 Å². The summed E-state index contributed by atoms with van der Waals surface area (Å²) in [7, 11) is 0. The molecule has 0 aliphatic carbocycles. The molecule has 0 spiro atoms. The molecular formula is C18H15NO2. The zero-order valence-corrected chi connectivity index (χ0v) is 11.7. The number of pyridine rings is 1. The lowest BCUT2D eigenvalue weighted by atomic mass is 10.0. The smallest absolute Gasteiger partial charge is 0.154 e. The number of hydrogen-bond acceptors (Lipinski definition) is 3. The molecule has 0 fully saturated rings. The minimum Gasteiger partial charge on any atom is -0.487 e. The third-order valence-corrected chi connectivity index (χ3v) is 3.37. The van der Waals surface area contributed by atoms with Gasteiger partial charge in [-0.25, -0.2) is 0 Å². The van der Waals surface area contributed by atoms with Crippen molar-refractivity contribution in [2.75, 3.05) is 0 Å². The van der Waals surface area contributed by atoms with Crippen molar-refractivity contribution in [2.45, 2.75) is 13.5 Å². The minimum atomic E-state index is 0.348. The second-order valence-electron chi connectivity index (χ2n) is 4.88. The molecule has 0 amide bonds. The zero-order valence-electron chi connectivity index (χ0n) is 11.7. The topological polar surface area (TPSA) is 39.2 Å². The van der Waals surface area contributed by atoms with Crippen LogP contribution in [0.3, 0.4) is 0 Å². The average Bonchev–Trinajstić information content (AvgIpc) is 2.52. The van der Waals surface area contributed by atoms with Gasteiger partial charge in [-0.15, -0.1) is 0 Å². The molecule has 0 saturated carbocycles. The summed E-state index contributed by atoms with van der Waals surface area (Å²) in [5.74, 6) is 0.590. The predicted octanol–water partition coefficient (Wildman–Crippen LogP) is 3.93. The van der Waals surface area contributed by atoms with Crippen LogP contribution in [0.25, 0.3) is 10.8 Å². The zero-order chi connectivity index (χ0) is 14.7. The van der Waals surface area contributed by atoms with Gasteiger partial charge in [0.1, 0.15) is 12.4 Å². The standard InChI is InChI=1S/C18H15NO2/c1-13-5-4-7-15(19-13)12-21-18-10-9-14-6-2-3-8-16(14)17(18)11-20/h2-11H,12H2,1H3. The summed E-state index contributed by atoms with van der Waals surface area (Å²) in [4.78, 5) is 15.8. The number of carbonyl (C=O) groups excluding carboxylic acids is 1. The maximum atomic E-state index is 11.4. The molecule has 1 aromatic heterocycles. The summed E-state index contributed by atoms with van der Waals surface area (Å²) in [5.41, 5.74) is 2.38. The van der Waals surface area contributed by atoms with Crippen molar-refractivity contribution in [3.8, 4) is 5.75 Å². The van der Waals surface area contributed by atoms with Crippen LogP contribution in [0.15, 0.2) is 54.6 Å². The Labute approximate surface area is 123 Å². The van der Waals surface area contributed by atoms with Crippen molar-refractivity contribution in [2.24, 2.45) is 0 Å². The Bertz CT molecular complexity index is 796. The number of rotatable bonds is 4. The van der Waals surface area contributed by atoms with Crippen molar-refractivity contribution in [3.63, 3.8) is 0 Å². The second kappa shape index (κ2) is 5.75. The summed E-state index contributed by atoms with van der Waals surface area (Å²) in [6, 6.07) is 17.4. The van der Waals surface area contributed by atoms with E-state index in [9.17, 15) is 4.79 Å². The van der Waals surface area contributed by atoms with Crippen LogP contribution in [-0.4, -0.2) is 11.3 Å². The Balaban J connectivity index is 1.92. The Kier molecular flexibility index (Phi) is 3.65. The van der Waals surface area contributed by atoms with E-state index in [2.05, 4.69) is 4.98 Å². The van der Waals surface area contributed by atoms with Crippen LogP contribution in [0.4, 0.5) is 0 Å². The van der Waals surface area contributed by atoms with Gasteiger partial charge in [0.2, 0.25) is 0 Å². The highest BCUT2D eigenvalue weighted by Gasteiger charge is 2.08. The van der Waals surface area contributed by atoms with Crippen molar-refractivity contribution >= 4 is 17.1 Å². The van der Waals surface area contributed by atoms with Crippen LogP contribution in [0.5, 0.6) is 5.75 Å². The van der Waals surface area contributed by atoms with E-state index in [0.29, 0.717) is 17.9 Å². The molecule has 0 radical (unpaired) electrons. The number of fused-ring (bicyclic) bond motifs is 1. The van der Waals surface area contributed by atoms with Crippen molar-refractivity contribution < 1.29 is 9.53 Å². The lowest BCUT2D eigenvalue weighted by Crippen LogP contribution is -2.01. The van der Waals surface area contributed by atoms with Gasteiger partial charge in [0.15, 0.2) is 6.29 Å². The molecule has 3 aromatic rings. The highest BCUT2D eigenvalue weighted by atomic mass is 16.5. The summed E-state index contributed by atoms with van der Waals surface area (Å²) >= 11 is 0. The lowest BCUT2D eigenvalue weighted by molar-refractivity contribution is 0.112. The normalized spacial score (nSPS) is 10.5. The van der Waals surface area contributed by atoms with Gasteiger partial charge in [-0.3, -0.25) is 9.78 Å². The molecule has 0 aliphatic heterocycles. The number of aryl methyl sites for hydroxylation is 1. The second-order valence-corrected chi connectivity index (χ2v) is 4.88. The quantitative estimate of drug-likeness (QED) is 0.678. The van der Waals surface area contributed by atoms with Crippen LogP contribution in [0, 0.1) is 6.92 Å². The number of aromatic nitrogens is 1. The van der Waals surface area contributed by atoms with Gasteiger partial charge in [-0.05, 0) is 35.9 Å². The molecule has 0 bridgehead atoms. The SMILES string of the molecule is Cc1cccc(COc2ccc3ccccc3c2C=O)n1. The first-order valence-electron chi connectivity index (χ1n) is 6.80. The molecule has 0 atom stereocenters. The maximum absolute atomic E-state index is 11.4. The predicted molar refractivity (Wildman–Crippen MR) is 82.6 cm³/mol. The molecule has 21 heavy (non-hydrogen) atoms. The van der Waals surface area contributed by atoms with Crippen LogP contribution >= 0.6 is 0 Å². The summed E-state index contributed by atoms with van der Waals surface area (Å²) in [6.07, 6.45) is 0.849. The van der Waals surface area contributed by atoms with Gasteiger partial charge in [0.25, 0.3) is 0 Å². The number of nitrogens with zero attached hydrogens (tertiary/aromatic N) is 1. The summed E-state index contributed by atoms with van der Waals surface area (Å²) in [5, 5.41) is 1.93. The summed E-state index contributed by atoms with van der Waals surface area (Å²) < 4.78 is 5.78. The number of ether oxygens (including phenoxy) is 1. The van der Waals surface area contributed by atoms with E-state index in [1.54, 1.807) is 0 Å². The van der Waals surface area contributed by atoms with E-state index in [1.165, 1.54) is 0 Å². The van der Waals surface area contributed by atoms with E-state index >= 15 is 0 Å². The fraction of sp³-hybridized carbons (Fsp3) is 0.111. The summed E-state index contributed by atoms with van der Waals surface area (Å²) in [6.45, 7) is 2.29. The first-order valence-corrected chi connectivity index (χ1v) is 6.80. The van der Waals surface area contributed by atoms with Gasteiger partial charge in [0.05, 0.1) is 11.3 Å². The molecule has 0 aliphatic rings. The fourth-order valence-electron chi connectivity index (χ4n) is 2.35. The lowest BCUT2D eigenvalue weighted by Gasteiger charge is -2.10. The van der Waals surface area contributed by atoms with Crippen molar-refractivity contribution in [1.82, 2.24) is 4.98 Å². The first-order chi connectivity index (χ1) is 10.3. The van der Waals surface area contributed by atoms with Crippen molar-refractivity contribution in [1.29, 1.82) is 0 Å². The molecule has 3 nitrogen and oxygen atoms in total. The molecule has 2 aromatic carbocycles. The van der Waals surface area contributed by atoms with Crippen LogP contribution in [-0.2, 0) is 6.61 Å². The Morgan fingerprint density at radius 1 is 1.05 bits per heavy atom. The van der Waals surface area contributed by atoms with E-state index in [0.717, 1.165) is 28.4 Å². The highest BCUT2D eigenvalue weighted by Crippen LogP contribution is 2.27. The number of aldehydes is 1. The average molecular weight is 277 g/mol. The monoisotopic (exact) mass is 277 g/mol. The molecule has 3 heteroatoms. The van der Waals surface area contributed by atoms with E-state index < -0.39 is 0 Å². The van der Waals surface area contributed by atoms with E-state index in [1.807, 2.05) is 61.5 Å². The number of carbonyl (C=O) groups is 1. The molecule has 0 unspecified atom stereocenters. The Morgan fingerprint density at radius 3 is 2.71 bits per heavy atom. The minimum absolute atomic E-state index is 0.348.